The van der Waals surface area contributed by atoms with Crippen LogP contribution in [0.25, 0.3) is 0 Å². The highest BCUT2D eigenvalue weighted by Gasteiger charge is 2.15. The van der Waals surface area contributed by atoms with Crippen LogP contribution in [0.2, 0.25) is 0 Å². The lowest BCUT2D eigenvalue weighted by molar-refractivity contribution is -0.116. The van der Waals surface area contributed by atoms with E-state index in [-0.39, 0.29) is 29.9 Å². The van der Waals surface area contributed by atoms with Crippen LogP contribution >= 0.6 is 35.3 Å². The largest absolute Gasteiger partial charge is 0.492 e. The highest BCUT2D eigenvalue weighted by atomic mass is 127. The number of hydrogen-bond donors (Lipinski definition) is 3. The number of hydrogen-bond acceptors (Lipinski definition) is 4. The third-order valence-electron chi connectivity index (χ3n) is 4.53. The van der Waals surface area contributed by atoms with Crippen LogP contribution in [-0.4, -0.2) is 38.1 Å². The van der Waals surface area contributed by atoms with E-state index < -0.39 is 0 Å². The van der Waals surface area contributed by atoms with Crippen molar-refractivity contribution in [1.29, 1.82) is 0 Å². The molecule has 0 saturated carbocycles. The van der Waals surface area contributed by atoms with Gasteiger partial charge in [-0.15, -0.1) is 35.3 Å². The summed E-state index contributed by atoms with van der Waals surface area (Å²) in [6.07, 6.45) is 1.29. The molecule has 1 unspecified atom stereocenters. The molecule has 8 heteroatoms. The van der Waals surface area contributed by atoms with Gasteiger partial charge in [0.1, 0.15) is 12.4 Å². The van der Waals surface area contributed by atoms with Gasteiger partial charge in [-0.25, -0.2) is 0 Å². The predicted octanol–water partition coefficient (Wildman–Crippen LogP) is 3.99. The number of amides is 1. The number of ether oxygens (including phenoxy) is 1. The van der Waals surface area contributed by atoms with Gasteiger partial charge in [-0.1, -0.05) is 13.0 Å². The summed E-state index contributed by atoms with van der Waals surface area (Å²) in [5, 5.41) is 11.6. The summed E-state index contributed by atoms with van der Waals surface area (Å²) < 4.78 is 5.86. The van der Waals surface area contributed by atoms with E-state index in [1.807, 2.05) is 18.2 Å². The van der Waals surface area contributed by atoms with Crippen molar-refractivity contribution >= 4 is 52.9 Å². The molecule has 2 aromatic rings. The molecule has 1 aliphatic rings. The second-order valence-electron chi connectivity index (χ2n) is 6.78. The van der Waals surface area contributed by atoms with E-state index in [0.29, 0.717) is 25.5 Å². The van der Waals surface area contributed by atoms with Crippen molar-refractivity contribution in [2.75, 3.05) is 31.6 Å². The first-order chi connectivity index (χ1) is 13.7. The van der Waals surface area contributed by atoms with Crippen molar-refractivity contribution in [2.24, 2.45) is 4.99 Å². The number of nitrogens with one attached hydrogen (secondary N) is 3. The van der Waals surface area contributed by atoms with E-state index in [4.69, 9.17) is 4.74 Å². The van der Waals surface area contributed by atoms with Crippen LogP contribution in [0.5, 0.6) is 5.75 Å². The smallest absolute Gasteiger partial charge is 0.224 e. The van der Waals surface area contributed by atoms with Gasteiger partial charge in [-0.05, 0) is 48.6 Å². The summed E-state index contributed by atoms with van der Waals surface area (Å²) in [5.41, 5.74) is 2.02. The molecule has 6 nitrogen and oxygen atoms in total. The molecule has 158 valence electrons. The number of benzene rings is 1. The molecule has 0 radical (unpaired) electrons. The van der Waals surface area contributed by atoms with Gasteiger partial charge in [-0.2, -0.15) is 0 Å². The van der Waals surface area contributed by atoms with Gasteiger partial charge in [0.2, 0.25) is 5.91 Å². The van der Waals surface area contributed by atoms with Crippen LogP contribution in [0, 0.1) is 0 Å². The molecular formula is C21H29IN4O2S. The van der Waals surface area contributed by atoms with Gasteiger partial charge < -0.3 is 20.7 Å². The number of fused-ring (bicyclic) bond motifs is 1. The molecule has 2 heterocycles. The highest BCUT2D eigenvalue weighted by Crippen LogP contribution is 2.26. The zero-order valence-corrected chi connectivity index (χ0v) is 20.0. The minimum absolute atomic E-state index is 0. The number of rotatable bonds is 8. The predicted molar refractivity (Wildman–Crippen MR) is 131 cm³/mol. The third-order valence-corrected chi connectivity index (χ3v) is 5.64. The van der Waals surface area contributed by atoms with Crippen molar-refractivity contribution in [3.8, 4) is 5.75 Å². The summed E-state index contributed by atoms with van der Waals surface area (Å²) in [7, 11) is 0. The Morgan fingerprint density at radius 3 is 2.93 bits per heavy atom. The van der Waals surface area contributed by atoms with Crippen molar-refractivity contribution in [2.45, 2.75) is 32.6 Å². The van der Waals surface area contributed by atoms with Crippen molar-refractivity contribution < 1.29 is 9.53 Å². The lowest BCUT2D eigenvalue weighted by Gasteiger charge is -2.18. The number of carbonyl (C=O) groups excluding carboxylic acids is 1. The van der Waals surface area contributed by atoms with E-state index in [0.717, 1.165) is 42.5 Å². The van der Waals surface area contributed by atoms with E-state index >= 15 is 0 Å². The number of aliphatic imine (C=N–C) groups is 1. The minimum atomic E-state index is 0. The number of anilines is 1. The Balaban J connectivity index is 0.00000300. The summed E-state index contributed by atoms with van der Waals surface area (Å²) in [5.74, 6) is 2.12. The van der Waals surface area contributed by atoms with Gasteiger partial charge in [0.05, 0.1) is 13.1 Å². The zero-order valence-electron chi connectivity index (χ0n) is 16.9. The zero-order chi connectivity index (χ0) is 19.8. The number of nitrogens with zero attached hydrogens (tertiary/aromatic N) is 1. The van der Waals surface area contributed by atoms with Crippen LogP contribution in [-0.2, 0) is 11.2 Å². The van der Waals surface area contributed by atoms with Crippen molar-refractivity contribution in [3.63, 3.8) is 0 Å². The van der Waals surface area contributed by atoms with Crippen molar-refractivity contribution in [3.05, 3.63) is 46.2 Å². The summed E-state index contributed by atoms with van der Waals surface area (Å²) in [6, 6.07) is 10.1. The van der Waals surface area contributed by atoms with Crippen LogP contribution < -0.4 is 20.7 Å². The van der Waals surface area contributed by atoms with Crippen molar-refractivity contribution in [1.82, 2.24) is 10.6 Å². The number of guanidine groups is 1. The first-order valence-electron chi connectivity index (χ1n) is 9.77. The molecule has 3 rings (SSSR count). The Kier molecular flexibility index (Phi) is 9.72. The molecule has 3 N–H and O–H groups in total. The maximum absolute atomic E-state index is 11.4. The Hall–Kier alpha value is -1.81. The number of halogens is 1. The molecule has 0 spiro atoms. The molecule has 1 amide bonds. The second kappa shape index (κ2) is 12.0. The van der Waals surface area contributed by atoms with E-state index in [1.54, 1.807) is 11.3 Å². The second-order valence-corrected chi connectivity index (χ2v) is 7.76. The monoisotopic (exact) mass is 528 g/mol. The minimum Gasteiger partial charge on any atom is -0.492 e. The summed E-state index contributed by atoms with van der Waals surface area (Å²) in [6.45, 7) is 7.01. The van der Waals surface area contributed by atoms with Crippen LogP contribution in [0.4, 0.5) is 5.69 Å². The molecule has 1 aromatic carbocycles. The molecule has 29 heavy (non-hydrogen) atoms. The lowest BCUT2D eigenvalue weighted by Crippen LogP contribution is -2.39. The summed E-state index contributed by atoms with van der Waals surface area (Å²) in [4.78, 5) is 17.5. The molecule has 1 atom stereocenters. The molecular weight excluding hydrogens is 499 g/mol. The van der Waals surface area contributed by atoms with E-state index in [9.17, 15) is 4.79 Å². The number of carbonyl (C=O) groups is 1. The van der Waals surface area contributed by atoms with Gasteiger partial charge in [0, 0.05) is 29.4 Å². The first kappa shape index (κ1) is 23.5. The Bertz CT molecular complexity index is 811. The molecule has 0 aliphatic carbocycles. The Labute approximate surface area is 193 Å². The topological polar surface area (TPSA) is 74.8 Å². The van der Waals surface area contributed by atoms with Gasteiger partial charge >= 0.3 is 0 Å². The normalized spacial score (nSPS) is 14.3. The Morgan fingerprint density at radius 1 is 1.31 bits per heavy atom. The van der Waals surface area contributed by atoms with E-state index in [2.05, 4.69) is 52.3 Å². The average Bonchev–Trinajstić information content (AvgIpc) is 3.24. The Morgan fingerprint density at radius 2 is 2.17 bits per heavy atom. The lowest BCUT2D eigenvalue weighted by atomic mass is 10.0. The third kappa shape index (κ3) is 7.18. The van der Waals surface area contributed by atoms with Crippen LogP contribution in [0.3, 0.4) is 0 Å². The fraction of sp³-hybridized carbons (Fsp3) is 0.429. The SMILES string of the molecule is CCNC(=NCC(C)c1cccs1)NCCOc1ccc2c(c1)CCC(=O)N2.I. The summed E-state index contributed by atoms with van der Waals surface area (Å²) >= 11 is 1.77. The number of aryl methyl sites for hydroxylation is 1. The van der Waals surface area contributed by atoms with Gasteiger partial charge in [0.15, 0.2) is 5.96 Å². The van der Waals surface area contributed by atoms with E-state index in [1.165, 1.54) is 4.88 Å². The quantitative estimate of drug-likeness (QED) is 0.210. The fourth-order valence-corrected chi connectivity index (χ4v) is 3.80. The molecule has 1 aromatic heterocycles. The average molecular weight is 528 g/mol. The van der Waals surface area contributed by atoms with Gasteiger partial charge in [-0.3, -0.25) is 9.79 Å². The fourth-order valence-electron chi connectivity index (χ4n) is 3.02. The van der Waals surface area contributed by atoms with Gasteiger partial charge in [0.25, 0.3) is 0 Å². The van der Waals surface area contributed by atoms with Crippen LogP contribution in [0.15, 0.2) is 40.7 Å². The molecule has 1 aliphatic heterocycles. The maximum atomic E-state index is 11.4. The van der Waals surface area contributed by atoms with Crippen LogP contribution in [0.1, 0.15) is 36.6 Å². The standard InChI is InChI=1S/C21H28N4O2S.HI/c1-3-22-21(24-14-15(2)19-5-4-12-28-19)23-10-11-27-17-7-8-18-16(13-17)6-9-20(26)25-18;/h4-5,7-8,12-13,15H,3,6,9-11,14H2,1-2H3,(H,25,26)(H2,22,23,24);1H. The first-order valence-corrected chi connectivity index (χ1v) is 10.6. The molecule has 0 saturated heterocycles. The maximum Gasteiger partial charge on any atom is 0.224 e. The molecule has 0 fully saturated rings. The molecule has 0 bridgehead atoms. The number of thiophene rings is 1. The highest BCUT2D eigenvalue weighted by molar-refractivity contribution is 14.0.